The van der Waals surface area contributed by atoms with Crippen LogP contribution in [0.1, 0.15) is 34.5 Å². The highest BCUT2D eigenvalue weighted by Crippen LogP contribution is 2.25. The van der Waals surface area contributed by atoms with Crippen LogP contribution in [0.15, 0.2) is 70.2 Å². The number of furan rings is 1. The Hall–Kier alpha value is -3.59. The number of carbonyl (C=O) groups excluding carboxylic acids is 2. The Kier molecular flexibility index (Phi) is 6.74. The van der Waals surface area contributed by atoms with Gasteiger partial charge >= 0.3 is 0 Å². The van der Waals surface area contributed by atoms with Crippen molar-refractivity contribution < 1.29 is 22.4 Å². The van der Waals surface area contributed by atoms with Crippen LogP contribution in [0.3, 0.4) is 0 Å². The summed E-state index contributed by atoms with van der Waals surface area (Å²) in [5.41, 5.74) is 2.76. The van der Waals surface area contributed by atoms with E-state index in [0.717, 1.165) is 11.1 Å². The number of aryl methyl sites for hydroxylation is 2. The van der Waals surface area contributed by atoms with Gasteiger partial charge in [0.15, 0.2) is 5.76 Å². The van der Waals surface area contributed by atoms with Gasteiger partial charge < -0.3 is 14.6 Å². The predicted molar refractivity (Wildman–Crippen MR) is 129 cm³/mol. The molecule has 2 heterocycles. The van der Waals surface area contributed by atoms with E-state index in [4.69, 9.17) is 4.42 Å². The lowest BCUT2D eigenvalue weighted by Gasteiger charge is -2.30. The number of sulfonamides is 1. The Morgan fingerprint density at radius 1 is 0.941 bits per heavy atom. The van der Waals surface area contributed by atoms with Crippen LogP contribution in [0, 0.1) is 19.8 Å². The summed E-state index contributed by atoms with van der Waals surface area (Å²) in [7, 11) is -3.76. The van der Waals surface area contributed by atoms with E-state index in [9.17, 15) is 18.0 Å². The Balaban J connectivity index is 1.34. The van der Waals surface area contributed by atoms with Crippen molar-refractivity contribution in [3.63, 3.8) is 0 Å². The summed E-state index contributed by atoms with van der Waals surface area (Å²) in [5.74, 6) is -0.246. The van der Waals surface area contributed by atoms with Crippen molar-refractivity contribution in [2.24, 2.45) is 5.92 Å². The van der Waals surface area contributed by atoms with Crippen LogP contribution in [-0.4, -0.2) is 38.2 Å². The minimum Gasteiger partial charge on any atom is -0.459 e. The number of nitrogens with zero attached hydrogens (tertiary/aromatic N) is 1. The third kappa shape index (κ3) is 5.14. The smallest absolute Gasteiger partial charge is 0.289 e. The number of para-hydroxylation sites is 1. The number of benzene rings is 2. The van der Waals surface area contributed by atoms with Gasteiger partial charge in [-0.25, -0.2) is 8.42 Å². The van der Waals surface area contributed by atoms with Crippen molar-refractivity contribution in [1.82, 2.24) is 4.90 Å². The van der Waals surface area contributed by atoms with Gasteiger partial charge in [-0.2, -0.15) is 0 Å². The van der Waals surface area contributed by atoms with Crippen LogP contribution in [0.4, 0.5) is 11.4 Å². The maximum Gasteiger partial charge on any atom is 0.289 e. The molecule has 0 radical (unpaired) electrons. The fraction of sp³-hybridized carbons (Fsp3) is 0.280. The maximum absolute atomic E-state index is 12.8. The molecule has 1 aliphatic rings. The van der Waals surface area contributed by atoms with Crippen molar-refractivity contribution >= 4 is 33.2 Å². The van der Waals surface area contributed by atoms with Crippen LogP contribution in [0.5, 0.6) is 0 Å². The lowest BCUT2D eigenvalue weighted by Crippen LogP contribution is -2.41. The van der Waals surface area contributed by atoms with Crippen molar-refractivity contribution in [3.05, 3.63) is 77.7 Å². The molecule has 2 N–H and O–H groups in total. The van der Waals surface area contributed by atoms with E-state index in [0.29, 0.717) is 43.1 Å². The second kappa shape index (κ2) is 9.72. The lowest BCUT2D eigenvalue weighted by atomic mass is 9.95. The number of amides is 2. The molecule has 34 heavy (non-hydrogen) atoms. The third-order valence-corrected chi connectivity index (χ3v) is 7.40. The van der Waals surface area contributed by atoms with Gasteiger partial charge in [-0.1, -0.05) is 18.2 Å². The average molecular weight is 482 g/mol. The molecule has 8 nitrogen and oxygen atoms in total. The van der Waals surface area contributed by atoms with Crippen molar-refractivity contribution in [2.75, 3.05) is 23.1 Å². The van der Waals surface area contributed by atoms with Crippen LogP contribution < -0.4 is 10.0 Å². The quantitative estimate of drug-likeness (QED) is 0.549. The number of piperidine rings is 1. The molecule has 1 saturated heterocycles. The SMILES string of the molecule is Cc1cccc(C)c1NS(=O)(=O)c1ccc(NC(=O)C2CCN(C(=O)c3ccco3)CC2)cc1. The largest absolute Gasteiger partial charge is 0.459 e. The zero-order chi connectivity index (χ0) is 24.3. The van der Waals surface area contributed by atoms with Gasteiger partial charge in [0.05, 0.1) is 16.8 Å². The first-order valence-electron chi connectivity index (χ1n) is 11.1. The molecule has 2 aromatic carbocycles. The third-order valence-electron chi connectivity index (χ3n) is 6.03. The molecule has 0 spiro atoms. The van der Waals surface area contributed by atoms with Gasteiger partial charge in [-0.3, -0.25) is 14.3 Å². The van der Waals surface area contributed by atoms with Gasteiger partial charge in [0.25, 0.3) is 15.9 Å². The first-order valence-corrected chi connectivity index (χ1v) is 12.6. The summed E-state index contributed by atoms with van der Waals surface area (Å²) in [6.07, 6.45) is 2.55. The van der Waals surface area contributed by atoms with E-state index >= 15 is 0 Å². The first-order chi connectivity index (χ1) is 16.2. The highest BCUT2D eigenvalue weighted by molar-refractivity contribution is 7.92. The van der Waals surface area contributed by atoms with Gasteiger partial charge in [0.2, 0.25) is 5.91 Å². The Bertz CT molecular complexity index is 1260. The second-order valence-electron chi connectivity index (χ2n) is 8.43. The average Bonchev–Trinajstić information content (AvgIpc) is 3.37. The molecule has 0 aliphatic carbocycles. The molecular weight excluding hydrogens is 454 g/mol. The fourth-order valence-electron chi connectivity index (χ4n) is 4.03. The molecule has 178 valence electrons. The first kappa shape index (κ1) is 23.6. The second-order valence-corrected chi connectivity index (χ2v) is 10.1. The Morgan fingerprint density at radius 2 is 1.59 bits per heavy atom. The summed E-state index contributed by atoms with van der Waals surface area (Å²) in [6.45, 7) is 4.64. The molecule has 0 unspecified atom stereocenters. The maximum atomic E-state index is 12.8. The van der Waals surface area contributed by atoms with Gasteiger partial charge in [0.1, 0.15) is 0 Å². The standard InChI is InChI=1S/C25H27N3O5S/c1-17-5-3-6-18(2)23(17)27-34(31,32)21-10-8-20(9-11-21)26-24(29)19-12-14-28(15-13-19)25(30)22-7-4-16-33-22/h3-11,16,19,27H,12-15H2,1-2H3,(H,26,29). The minimum absolute atomic E-state index is 0.109. The number of likely N-dealkylation sites (tertiary alicyclic amines) is 1. The van der Waals surface area contributed by atoms with E-state index in [2.05, 4.69) is 10.0 Å². The van der Waals surface area contributed by atoms with Crippen molar-refractivity contribution in [3.8, 4) is 0 Å². The Labute approximate surface area is 199 Å². The van der Waals surface area contributed by atoms with Crippen LogP contribution in [0.25, 0.3) is 0 Å². The molecule has 3 aromatic rings. The molecule has 0 saturated carbocycles. The molecule has 4 rings (SSSR count). The molecule has 2 amide bonds. The zero-order valence-electron chi connectivity index (χ0n) is 19.1. The number of hydrogen-bond acceptors (Lipinski definition) is 5. The highest BCUT2D eigenvalue weighted by Gasteiger charge is 2.29. The minimum atomic E-state index is -3.76. The van der Waals surface area contributed by atoms with E-state index < -0.39 is 10.0 Å². The van der Waals surface area contributed by atoms with Gasteiger partial charge in [0, 0.05) is 24.7 Å². The fourth-order valence-corrected chi connectivity index (χ4v) is 5.23. The van der Waals surface area contributed by atoms with E-state index in [1.165, 1.54) is 18.4 Å². The molecule has 1 aromatic heterocycles. The summed E-state index contributed by atoms with van der Waals surface area (Å²) >= 11 is 0. The molecule has 9 heteroatoms. The number of rotatable bonds is 6. The van der Waals surface area contributed by atoms with Gasteiger partial charge in [-0.15, -0.1) is 0 Å². The Morgan fingerprint density at radius 3 is 2.18 bits per heavy atom. The lowest BCUT2D eigenvalue weighted by molar-refractivity contribution is -0.121. The van der Waals surface area contributed by atoms with E-state index in [1.807, 2.05) is 32.0 Å². The van der Waals surface area contributed by atoms with E-state index in [1.54, 1.807) is 29.2 Å². The normalized spacial score (nSPS) is 14.6. The topological polar surface area (TPSA) is 109 Å². The zero-order valence-corrected chi connectivity index (χ0v) is 19.9. The van der Waals surface area contributed by atoms with Crippen LogP contribution >= 0.6 is 0 Å². The molecule has 0 atom stereocenters. The molecule has 0 bridgehead atoms. The van der Waals surface area contributed by atoms with Crippen molar-refractivity contribution in [1.29, 1.82) is 0 Å². The van der Waals surface area contributed by atoms with E-state index in [-0.39, 0.29) is 22.6 Å². The molecule has 1 fully saturated rings. The molecule has 1 aliphatic heterocycles. The van der Waals surface area contributed by atoms with Crippen molar-refractivity contribution in [2.45, 2.75) is 31.6 Å². The summed E-state index contributed by atoms with van der Waals surface area (Å²) in [5, 5.41) is 2.85. The molecular formula is C25H27N3O5S. The monoisotopic (exact) mass is 481 g/mol. The number of carbonyl (C=O) groups is 2. The van der Waals surface area contributed by atoms with Crippen LogP contribution in [0.2, 0.25) is 0 Å². The van der Waals surface area contributed by atoms with Gasteiger partial charge in [-0.05, 0) is 74.2 Å². The predicted octanol–water partition coefficient (Wildman–Crippen LogP) is 4.19. The van der Waals surface area contributed by atoms with Crippen LogP contribution in [-0.2, 0) is 14.8 Å². The summed E-state index contributed by atoms with van der Waals surface area (Å²) in [4.78, 5) is 26.9. The number of nitrogens with one attached hydrogen (secondary N) is 2. The number of hydrogen-bond donors (Lipinski definition) is 2. The highest BCUT2D eigenvalue weighted by atomic mass is 32.2. The summed E-state index contributed by atoms with van der Waals surface area (Å²) < 4.78 is 33.5. The number of anilines is 2. The summed E-state index contributed by atoms with van der Waals surface area (Å²) in [6, 6.07) is 15.0.